The number of rotatable bonds is 11. The average molecular weight is 1330 g/mol. The summed E-state index contributed by atoms with van der Waals surface area (Å²) < 4.78 is 36.7. The van der Waals surface area contributed by atoms with E-state index in [1.807, 2.05) is 25.7 Å². The standard InChI is InChI=1S/C19H32BN3O4.C19H32BNO4.C9H18BN3O4.C9H18BNO4.C4H6O6/c1-18(2)12-9-14(18)19(3)15(10-12)25-20(27-19)16-5-4-8-23(16)17(24)26-22-13-6-7-21-11-13;1-17(2,3)23-16(22)21-9-7-8-15(21)20-24-14-11-12-10-13(18(12,4)5)19(14,6)25-20;14-9(17-12-7-3-4-11-6-7)13-5-1-2-8(13)10(15)16;1-9(2,3)15-8(12)11-6-4-5-7(11)10(13)14;5-1(3(7)8)2(6)4(9)10/h12-16,21-22H,4-11H2,1-3H3;12-15H,7-11H2,1-6H3;7-8,11-12,15-16H,1-6H2;7,13-14H,4-6H2,1-3H3;1-2,5-6H,(H,7,8)(H,9,10)/t12-,13+,14-,15+,16-,19-;12-,13-,14?,15-,19-;7-,8+;7-;1-,2-/m00101/s1. The summed E-state index contributed by atoms with van der Waals surface area (Å²) in [6.45, 7) is 30.9. The first-order chi connectivity index (χ1) is 43.9. The van der Waals surface area contributed by atoms with Crippen molar-refractivity contribution < 1.29 is 107 Å². The molecule has 1 unspecified atom stereocenters. The molecule has 6 saturated carbocycles. The Bertz CT molecular complexity index is 2600. The number of nitrogens with one attached hydrogen (secondary N) is 4. The fourth-order valence-electron chi connectivity index (χ4n) is 16.2. The molecule has 6 aliphatic carbocycles. The van der Waals surface area contributed by atoms with Gasteiger partial charge in [-0.1, -0.05) is 27.7 Å². The zero-order chi connectivity index (χ0) is 69.2. The lowest BCUT2D eigenvalue weighted by molar-refractivity contribution is -0.199. The summed E-state index contributed by atoms with van der Waals surface area (Å²) in [4.78, 5) is 84.9. The van der Waals surface area contributed by atoms with Crippen molar-refractivity contribution in [1.82, 2.24) is 41.2 Å². The molecule has 0 aromatic carbocycles. The second-order valence-corrected chi connectivity index (χ2v) is 31.0. The first kappa shape index (κ1) is 75.5. The molecule has 0 aromatic rings. The minimum atomic E-state index is -2.27. The van der Waals surface area contributed by atoms with Gasteiger partial charge in [-0.05, 0) is 193 Å². The van der Waals surface area contributed by atoms with Crippen molar-refractivity contribution >= 4 is 64.8 Å². The predicted molar refractivity (Wildman–Crippen MR) is 341 cm³/mol. The second-order valence-electron chi connectivity index (χ2n) is 31.0. The molecule has 14 aliphatic rings. The molecule has 16 atom stereocenters. The summed E-state index contributed by atoms with van der Waals surface area (Å²) in [5.41, 5.74) is 4.81. The van der Waals surface area contributed by atoms with Crippen LogP contribution in [0, 0.1) is 34.5 Å². The highest BCUT2D eigenvalue weighted by molar-refractivity contribution is 6.48. The lowest BCUT2D eigenvalue weighted by Gasteiger charge is -2.64. The van der Waals surface area contributed by atoms with Crippen LogP contribution in [0.3, 0.4) is 0 Å². The lowest BCUT2D eigenvalue weighted by atomic mass is 9.43. The van der Waals surface area contributed by atoms with Gasteiger partial charge in [-0.3, -0.25) is 0 Å². The van der Waals surface area contributed by atoms with Crippen molar-refractivity contribution in [3.05, 3.63) is 0 Å². The van der Waals surface area contributed by atoms with E-state index >= 15 is 0 Å². The number of aliphatic carboxylic acids is 2. The van der Waals surface area contributed by atoms with E-state index in [4.69, 9.17) is 78.3 Å². The van der Waals surface area contributed by atoms with Gasteiger partial charge in [0.1, 0.15) is 11.2 Å². The molecular weight excluding hydrogens is 1230 g/mol. The van der Waals surface area contributed by atoms with Gasteiger partial charge < -0.3 is 109 Å². The highest BCUT2D eigenvalue weighted by Gasteiger charge is 2.71. The van der Waals surface area contributed by atoms with Gasteiger partial charge in [-0.15, -0.1) is 11.0 Å². The van der Waals surface area contributed by atoms with Gasteiger partial charge >= 0.3 is 64.8 Å². The van der Waals surface area contributed by atoms with Crippen LogP contribution < -0.4 is 21.6 Å². The Hall–Kier alpha value is -4.28. The summed E-state index contributed by atoms with van der Waals surface area (Å²) in [6, 6.07) is 0.337. The van der Waals surface area contributed by atoms with Crippen molar-refractivity contribution in [2.24, 2.45) is 34.5 Å². The topological polar surface area (TPSA) is 399 Å². The lowest BCUT2D eigenvalue weighted by Crippen LogP contribution is -2.65. The number of amides is 4. The van der Waals surface area contributed by atoms with Crippen LogP contribution in [0.15, 0.2) is 0 Å². The number of ether oxygens (including phenoxy) is 2. The van der Waals surface area contributed by atoms with Crippen LogP contribution >= 0.6 is 0 Å². The highest BCUT2D eigenvalue weighted by Crippen LogP contribution is 2.67. The Morgan fingerprint density at radius 1 is 0.521 bits per heavy atom. The normalized spacial score (nSPS) is 34.4. The molecule has 4 bridgehead atoms. The van der Waals surface area contributed by atoms with Gasteiger partial charge in [-0.2, -0.15) is 0 Å². The Morgan fingerprint density at radius 2 is 0.862 bits per heavy atom. The van der Waals surface area contributed by atoms with Crippen LogP contribution in [-0.4, -0.2) is 260 Å². The largest absolute Gasteiger partial charge is 0.482 e. The van der Waals surface area contributed by atoms with Crippen molar-refractivity contribution in [2.45, 2.75) is 256 Å². The van der Waals surface area contributed by atoms with Gasteiger partial charge in [0, 0.05) is 39.3 Å². The van der Waals surface area contributed by atoms with E-state index in [2.05, 4.69) is 63.1 Å². The fraction of sp³-hybridized carbons (Fsp3) is 0.900. The number of carbonyl (C=O) groups excluding carboxylic acids is 4. The number of aliphatic hydroxyl groups is 2. The molecule has 8 saturated heterocycles. The number of aliphatic hydroxyl groups excluding tert-OH is 2. The SMILES string of the molecule is CC(C)(C)OC(=O)N1CCC[C@H]1B(O)O.CC(C)(C)OC(=O)N1CCC[C@H]1B1OC2C[C@@H]3C[C@@H](C3(C)C)[C@]2(C)O1.CC1(C)[C@@H]2C[C@H]3OB([C@@H]4CCCN4C(=O)ON[C@@H]4CCNC4)O[C@@]3(C)[C@H]1C2.O=C(O)[C@H](O)[C@@H](O)C(=O)O.O=C(ON[C@@H]1CCNC1)N1CCC[C@H]1B(O)O. The minimum Gasteiger partial charge on any atom is -0.479 e. The van der Waals surface area contributed by atoms with E-state index in [0.717, 1.165) is 109 Å². The number of carboxylic acids is 2. The van der Waals surface area contributed by atoms with E-state index in [1.165, 1.54) is 22.6 Å². The van der Waals surface area contributed by atoms with Gasteiger partial charge in [-0.25, -0.2) is 28.8 Å². The average Bonchev–Trinajstić information content (AvgIpc) is 1.42. The van der Waals surface area contributed by atoms with Crippen LogP contribution in [0.4, 0.5) is 19.2 Å². The maximum Gasteiger partial charge on any atom is 0.482 e. The quantitative estimate of drug-likeness (QED) is 0.0800. The molecule has 30 nitrogen and oxygen atoms in total. The molecule has 0 spiro atoms. The summed E-state index contributed by atoms with van der Waals surface area (Å²) in [5.74, 6) is -2.14. The molecule has 8 aliphatic heterocycles. The number of hydroxylamine groups is 2. The zero-order valence-electron chi connectivity index (χ0n) is 57.0. The molecule has 8 heterocycles. The summed E-state index contributed by atoms with van der Waals surface area (Å²) >= 11 is 0. The van der Waals surface area contributed by atoms with Crippen molar-refractivity contribution in [3.8, 4) is 0 Å². The smallest absolute Gasteiger partial charge is 0.479 e. The van der Waals surface area contributed by atoms with Gasteiger partial charge in [0.25, 0.3) is 0 Å². The predicted octanol–water partition coefficient (Wildman–Crippen LogP) is 2.12. The van der Waals surface area contributed by atoms with Crippen molar-refractivity contribution in [3.63, 3.8) is 0 Å². The number of carboxylic acid groups (broad SMARTS) is 2. The molecule has 0 aromatic heterocycles. The molecule has 94 heavy (non-hydrogen) atoms. The van der Waals surface area contributed by atoms with E-state index in [9.17, 15) is 28.8 Å². The molecule has 12 N–H and O–H groups in total. The minimum absolute atomic E-state index is 0.0300. The summed E-state index contributed by atoms with van der Waals surface area (Å²) in [5, 5.41) is 75.3. The monoisotopic (exact) mass is 1330 g/mol. The number of nitrogens with zero attached hydrogens (tertiary/aromatic N) is 4. The summed E-state index contributed by atoms with van der Waals surface area (Å²) in [6.07, 6.45) is 7.28. The molecule has 14 rings (SSSR count). The van der Waals surface area contributed by atoms with E-state index in [1.54, 1.807) is 25.7 Å². The Kier molecular flexibility index (Phi) is 24.5. The Balaban J connectivity index is 0.000000157. The first-order valence-corrected chi connectivity index (χ1v) is 33.9. The molecule has 530 valence electrons. The highest BCUT2D eigenvalue weighted by atomic mass is 16.7. The third-order valence-corrected chi connectivity index (χ3v) is 21.7. The summed E-state index contributed by atoms with van der Waals surface area (Å²) in [7, 11) is -3.64. The Labute approximate surface area is 553 Å². The molecule has 34 heteroatoms. The van der Waals surface area contributed by atoms with Crippen LogP contribution in [0.2, 0.25) is 0 Å². The van der Waals surface area contributed by atoms with Crippen LogP contribution in [0.1, 0.15) is 173 Å². The number of hydrogen-bond acceptors (Lipinski definition) is 24. The van der Waals surface area contributed by atoms with Crippen LogP contribution in [0.5, 0.6) is 0 Å². The van der Waals surface area contributed by atoms with E-state index in [-0.39, 0.29) is 73.8 Å². The van der Waals surface area contributed by atoms with Crippen LogP contribution in [-0.2, 0) is 47.4 Å². The maximum atomic E-state index is 12.6. The molecule has 4 amide bonds. The van der Waals surface area contributed by atoms with Crippen molar-refractivity contribution in [2.75, 3.05) is 52.4 Å². The second kappa shape index (κ2) is 30.5. The van der Waals surface area contributed by atoms with Crippen molar-refractivity contribution in [1.29, 1.82) is 0 Å². The van der Waals surface area contributed by atoms with Gasteiger partial charge in [0.15, 0.2) is 12.2 Å². The third kappa shape index (κ3) is 17.2. The third-order valence-electron chi connectivity index (χ3n) is 21.7. The first-order valence-electron chi connectivity index (χ1n) is 33.9. The van der Waals surface area contributed by atoms with E-state index < -0.39 is 73.7 Å². The fourth-order valence-corrected chi connectivity index (χ4v) is 16.2. The van der Waals surface area contributed by atoms with Crippen LogP contribution in [0.25, 0.3) is 0 Å². The number of carbonyl (C=O) groups is 6. The number of likely N-dealkylation sites (tertiary alicyclic amines) is 4. The molecule has 0 radical (unpaired) electrons. The van der Waals surface area contributed by atoms with E-state index in [0.29, 0.717) is 55.1 Å². The molecular formula is C60H106B4N8O22. The number of hydrogen-bond donors (Lipinski definition) is 12. The van der Waals surface area contributed by atoms with Gasteiger partial charge in [0.05, 0.1) is 59.3 Å². The van der Waals surface area contributed by atoms with Gasteiger partial charge in [0.2, 0.25) is 0 Å². The Morgan fingerprint density at radius 3 is 1.20 bits per heavy atom. The zero-order valence-corrected chi connectivity index (χ0v) is 57.0. The molecule has 14 fully saturated rings. The maximum absolute atomic E-state index is 12.6.